The molecule has 10 heteroatoms. The quantitative estimate of drug-likeness (QED) is 0.310. The molecule has 7 nitrogen and oxygen atoms in total. The molecule has 3 rings (SSSR count). The molecule has 208 valence electrons. The number of rotatable bonds is 12. The average molecular weight is 591 g/mol. The topological polar surface area (TPSA) is 86.8 Å². The normalized spacial score (nSPS) is 12.8. The molecule has 3 aromatic carbocycles. The first-order valence-corrected chi connectivity index (χ1v) is 15.2. The van der Waals surface area contributed by atoms with Crippen LogP contribution in [-0.4, -0.2) is 50.0 Å². The Morgan fingerprint density at radius 3 is 1.97 bits per heavy atom. The molecular weight excluding hydrogens is 557 g/mol. The number of carbonyl (C=O) groups is 2. The highest BCUT2D eigenvalue weighted by atomic mass is 35.5. The lowest BCUT2D eigenvalue weighted by Crippen LogP contribution is -2.54. The first-order chi connectivity index (χ1) is 18.5. The van der Waals surface area contributed by atoms with Crippen molar-refractivity contribution in [3.8, 4) is 0 Å². The molecule has 39 heavy (non-hydrogen) atoms. The molecule has 0 aliphatic carbocycles. The van der Waals surface area contributed by atoms with E-state index in [1.165, 1.54) is 17.0 Å². The summed E-state index contributed by atoms with van der Waals surface area (Å²) in [7, 11) is -3.84. The fourth-order valence-corrected chi connectivity index (χ4v) is 5.10. The first-order valence-electron chi connectivity index (χ1n) is 12.6. The number of hydrogen-bond donors (Lipinski definition) is 1. The van der Waals surface area contributed by atoms with Crippen molar-refractivity contribution in [3.05, 3.63) is 100 Å². The molecule has 0 saturated carbocycles. The monoisotopic (exact) mass is 589 g/mol. The maximum Gasteiger partial charge on any atom is 0.244 e. The lowest BCUT2D eigenvalue weighted by atomic mass is 10.0. The maximum atomic E-state index is 14.0. The molecule has 0 radical (unpaired) electrons. The van der Waals surface area contributed by atoms with Crippen LogP contribution >= 0.6 is 23.2 Å². The molecule has 0 aliphatic heterocycles. The molecule has 0 fully saturated rings. The van der Waals surface area contributed by atoms with Gasteiger partial charge in [0.25, 0.3) is 0 Å². The van der Waals surface area contributed by atoms with Gasteiger partial charge in [-0.15, -0.1) is 0 Å². The van der Waals surface area contributed by atoms with E-state index in [4.69, 9.17) is 23.2 Å². The Kier molecular flexibility index (Phi) is 10.8. The van der Waals surface area contributed by atoms with Gasteiger partial charge >= 0.3 is 0 Å². The van der Waals surface area contributed by atoms with Crippen LogP contribution in [0.25, 0.3) is 0 Å². The highest BCUT2D eigenvalue weighted by molar-refractivity contribution is 7.92. The molecule has 0 bridgehead atoms. The number of nitrogens with zero attached hydrogens (tertiary/aromatic N) is 2. The Morgan fingerprint density at radius 2 is 1.44 bits per heavy atom. The Hall–Kier alpha value is -3.07. The highest BCUT2D eigenvalue weighted by Crippen LogP contribution is 2.22. The van der Waals surface area contributed by atoms with Crippen molar-refractivity contribution in [2.24, 2.45) is 0 Å². The fraction of sp³-hybridized carbons (Fsp3) is 0.310. The van der Waals surface area contributed by atoms with Gasteiger partial charge in [-0.05, 0) is 60.9 Å². The number of amides is 2. The molecule has 0 saturated heterocycles. The molecule has 2 amide bonds. The predicted octanol–water partition coefficient (Wildman–Crippen LogP) is 5.31. The summed E-state index contributed by atoms with van der Waals surface area (Å²) < 4.78 is 26.6. The van der Waals surface area contributed by atoms with Crippen molar-refractivity contribution in [3.63, 3.8) is 0 Å². The molecule has 0 spiro atoms. The summed E-state index contributed by atoms with van der Waals surface area (Å²) in [5, 5.41) is 3.98. The minimum atomic E-state index is -3.84. The van der Waals surface area contributed by atoms with Gasteiger partial charge < -0.3 is 10.2 Å². The Morgan fingerprint density at radius 1 is 0.872 bits per heavy atom. The first kappa shape index (κ1) is 30.5. The zero-order valence-electron chi connectivity index (χ0n) is 22.2. The number of halogens is 2. The van der Waals surface area contributed by atoms with Crippen LogP contribution in [0, 0.1) is 0 Å². The van der Waals surface area contributed by atoms with Gasteiger partial charge in [-0.1, -0.05) is 72.6 Å². The molecule has 3 aromatic rings. The third-order valence-electron chi connectivity index (χ3n) is 6.33. The lowest BCUT2D eigenvalue weighted by Gasteiger charge is -2.34. The van der Waals surface area contributed by atoms with E-state index in [0.29, 0.717) is 22.2 Å². The van der Waals surface area contributed by atoms with Crippen LogP contribution in [-0.2, 0) is 32.6 Å². The largest absolute Gasteiger partial charge is 0.352 e. The summed E-state index contributed by atoms with van der Waals surface area (Å²) in [5.74, 6) is -0.835. The highest BCUT2D eigenvalue weighted by Gasteiger charge is 2.33. The van der Waals surface area contributed by atoms with Gasteiger partial charge in [0.15, 0.2) is 0 Å². The Labute approximate surface area is 240 Å². The van der Waals surface area contributed by atoms with Crippen LogP contribution in [0.4, 0.5) is 5.69 Å². The van der Waals surface area contributed by atoms with E-state index in [-0.39, 0.29) is 24.9 Å². The molecule has 0 aliphatic rings. The van der Waals surface area contributed by atoms with Crippen molar-refractivity contribution >= 4 is 50.7 Å². The van der Waals surface area contributed by atoms with Crippen molar-refractivity contribution in [2.45, 2.75) is 45.3 Å². The summed E-state index contributed by atoms with van der Waals surface area (Å²) >= 11 is 12.1. The summed E-state index contributed by atoms with van der Waals surface area (Å²) in [6, 6.07) is 21.6. The smallest absolute Gasteiger partial charge is 0.244 e. The van der Waals surface area contributed by atoms with E-state index in [0.717, 1.165) is 21.7 Å². The average Bonchev–Trinajstić information content (AvgIpc) is 2.90. The van der Waals surface area contributed by atoms with Crippen LogP contribution in [0.2, 0.25) is 10.0 Å². The third kappa shape index (κ3) is 8.98. The summed E-state index contributed by atoms with van der Waals surface area (Å²) in [5.41, 5.74) is 1.92. The van der Waals surface area contributed by atoms with E-state index in [1.54, 1.807) is 36.4 Å². The van der Waals surface area contributed by atoms with Crippen LogP contribution in [0.3, 0.4) is 0 Å². The van der Waals surface area contributed by atoms with Gasteiger partial charge in [0.2, 0.25) is 21.8 Å². The predicted molar refractivity (Wildman–Crippen MR) is 157 cm³/mol. The molecule has 0 aromatic heterocycles. The van der Waals surface area contributed by atoms with Crippen molar-refractivity contribution in [1.29, 1.82) is 0 Å². The Balaban J connectivity index is 2.04. The van der Waals surface area contributed by atoms with Gasteiger partial charge in [0, 0.05) is 29.1 Å². The summed E-state index contributed by atoms with van der Waals surface area (Å²) in [6.45, 7) is 3.45. The van der Waals surface area contributed by atoms with E-state index in [2.05, 4.69) is 5.32 Å². The summed E-state index contributed by atoms with van der Waals surface area (Å²) in [6.07, 6.45) is 2.01. The zero-order chi connectivity index (χ0) is 28.6. The van der Waals surface area contributed by atoms with Crippen molar-refractivity contribution in [1.82, 2.24) is 10.2 Å². The number of benzene rings is 3. The second-order valence-corrected chi connectivity index (χ2v) is 12.2. The molecule has 0 heterocycles. The third-order valence-corrected chi connectivity index (χ3v) is 7.98. The van der Waals surface area contributed by atoms with Crippen LogP contribution in [0.15, 0.2) is 78.9 Å². The SMILES string of the molecule is CCC(C)NC(=O)C(Cc1ccccc1)N(Cc1ccc(Cl)cc1)C(=O)CN(c1ccc(Cl)cc1)S(C)(=O)=O. The number of sulfonamides is 1. The van der Waals surface area contributed by atoms with E-state index in [9.17, 15) is 18.0 Å². The van der Waals surface area contributed by atoms with Gasteiger partial charge in [-0.25, -0.2) is 8.42 Å². The minimum absolute atomic E-state index is 0.0830. The van der Waals surface area contributed by atoms with Gasteiger partial charge in [-0.3, -0.25) is 13.9 Å². The van der Waals surface area contributed by atoms with Crippen LogP contribution in [0.1, 0.15) is 31.4 Å². The van der Waals surface area contributed by atoms with Gasteiger partial charge in [0.05, 0.1) is 11.9 Å². The number of nitrogens with one attached hydrogen (secondary N) is 1. The number of hydrogen-bond acceptors (Lipinski definition) is 4. The second kappa shape index (κ2) is 13.8. The molecular formula is C29H33Cl2N3O4S. The van der Waals surface area contributed by atoms with E-state index in [1.807, 2.05) is 44.2 Å². The molecule has 2 atom stereocenters. The summed E-state index contributed by atoms with van der Waals surface area (Å²) in [4.78, 5) is 29.1. The lowest BCUT2D eigenvalue weighted by molar-refractivity contribution is -0.140. The van der Waals surface area contributed by atoms with Crippen LogP contribution < -0.4 is 9.62 Å². The minimum Gasteiger partial charge on any atom is -0.352 e. The molecule has 2 unspecified atom stereocenters. The second-order valence-electron chi connectivity index (χ2n) is 9.42. The zero-order valence-corrected chi connectivity index (χ0v) is 24.5. The van der Waals surface area contributed by atoms with Gasteiger partial charge in [0.1, 0.15) is 12.6 Å². The van der Waals surface area contributed by atoms with Crippen LogP contribution in [0.5, 0.6) is 0 Å². The van der Waals surface area contributed by atoms with Gasteiger partial charge in [-0.2, -0.15) is 0 Å². The number of carbonyl (C=O) groups excluding carboxylic acids is 2. The Bertz CT molecular complexity index is 1350. The standard InChI is InChI=1S/C29H33Cl2N3O4S/c1-4-21(2)32-29(36)27(18-22-8-6-5-7-9-22)33(19-23-10-12-24(30)13-11-23)28(35)20-34(39(3,37)38)26-16-14-25(31)15-17-26/h5-17,21,27H,4,18-20H2,1-3H3,(H,32,36). The van der Waals surface area contributed by atoms with E-state index >= 15 is 0 Å². The van der Waals surface area contributed by atoms with E-state index < -0.39 is 28.5 Å². The fourth-order valence-electron chi connectivity index (χ4n) is 4.00. The maximum absolute atomic E-state index is 14.0. The van der Waals surface area contributed by atoms with Crippen molar-refractivity contribution < 1.29 is 18.0 Å². The number of anilines is 1. The van der Waals surface area contributed by atoms with Crippen molar-refractivity contribution in [2.75, 3.05) is 17.1 Å². The molecule has 1 N–H and O–H groups in total.